The number of anilines is 1. The first kappa shape index (κ1) is 32.3. The lowest BCUT2D eigenvalue weighted by Gasteiger charge is -2.38. The molecule has 0 amide bonds. The van der Waals surface area contributed by atoms with Crippen molar-refractivity contribution in [1.82, 2.24) is 14.1 Å². The average Bonchev–Trinajstić information content (AvgIpc) is 3.18. The van der Waals surface area contributed by atoms with Gasteiger partial charge in [0.15, 0.2) is 8.32 Å². The van der Waals surface area contributed by atoms with Crippen LogP contribution in [0.3, 0.4) is 0 Å². The molecule has 4 rings (SSSR count). The summed E-state index contributed by atoms with van der Waals surface area (Å²) in [6.07, 6.45) is 3.54. The van der Waals surface area contributed by atoms with Crippen LogP contribution in [0, 0.1) is 0 Å². The van der Waals surface area contributed by atoms with E-state index in [4.69, 9.17) is 13.9 Å². The summed E-state index contributed by atoms with van der Waals surface area (Å²) in [5.41, 5.74) is 1.81. The van der Waals surface area contributed by atoms with Crippen LogP contribution in [0.25, 0.3) is 16.9 Å². The van der Waals surface area contributed by atoms with Crippen molar-refractivity contribution in [1.29, 1.82) is 0 Å². The zero-order valence-electron chi connectivity index (χ0n) is 27.0. The topological polar surface area (TPSA) is 90.7 Å². The molecule has 0 aliphatic carbocycles. The Kier molecular flexibility index (Phi) is 9.66. The number of hydrogen-bond acceptors (Lipinski definition) is 6. The summed E-state index contributed by atoms with van der Waals surface area (Å²) in [5, 5.41) is 0.198. The van der Waals surface area contributed by atoms with Crippen LogP contribution in [-0.4, -0.2) is 62.9 Å². The van der Waals surface area contributed by atoms with Gasteiger partial charge < -0.3 is 23.8 Å². The van der Waals surface area contributed by atoms with Gasteiger partial charge >= 0.3 is 5.69 Å². The highest BCUT2D eigenvalue weighted by molar-refractivity contribution is 6.76. The number of fused-ring (bicyclic) bond motifs is 2. The van der Waals surface area contributed by atoms with E-state index in [1.165, 1.54) is 15.2 Å². The van der Waals surface area contributed by atoms with Gasteiger partial charge in [-0.3, -0.25) is 13.9 Å². The first-order valence-electron chi connectivity index (χ1n) is 15.2. The monoisotopic (exact) mass is 614 g/mol. The first-order chi connectivity index (χ1) is 19.6. The molecule has 3 heterocycles. The fourth-order valence-electron chi connectivity index (χ4n) is 4.89. The van der Waals surface area contributed by atoms with E-state index in [1.807, 2.05) is 18.2 Å². The Labute approximate surface area is 251 Å². The van der Waals surface area contributed by atoms with E-state index in [0.29, 0.717) is 30.1 Å². The smallest absolute Gasteiger partial charge is 0.336 e. The van der Waals surface area contributed by atoms with Crippen LogP contribution in [0.5, 0.6) is 5.75 Å². The Bertz CT molecular complexity index is 1500. The average molecular weight is 615 g/mol. The zero-order chi connectivity index (χ0) is 30.9. The Hall–Kier alpha value is -2.61. The predicted octanol–water partition coefficient (Wildman–Crippen LogP) is 6.18. The standard InChI is InChI=1S/C31H50N4O5Si2/c1-23-21-39-27-13-12-24(20-25(27)33(23)16-10-11-17-40-42(8,9)31(2,3)4)35-28-26(36)14-15-32-29(28)34(30(35)37)22-38-18-19-41(5,6)7/h12-15,20,23H,10-11,16-19,21-22H2,1-9H3,(H,32,36). The summed E-state index contributed by atoms with van der Waals surface area (Å²) in [6, 6.07) is 8.36. The predicted molar refractivity (Wildman–Crippen MR) is 177 cm³/mol. The van der Waals surface area contributed by atoms with Gasteiger partial charge in [-0.15, -0.1) is 0 Å². The van der Waals surface area contributed by atoms with Crippen molar-refractivity contribution in [2.24, 2.45) is 0 Å². The molecule has 11 heteroatoms. The molecule has 1 N–H and O–H groups in total. The summed E-state index contributed by atoms with van der Waals surface area (Å²) in [6.45, 7) is 23.3. The van der Waals surface area contributed by atoms with Gasteiger partial charge in [0, 0.05) is 40.1 Å². The molecule has 9 nitrogen and oxygen atoms in total. The molecular weight excluding hydrogens is 565 g/mol. The number of unbranched alkanes of at least 4 members (excludes halogenated alkanes) is 1. The van der Waals surface area contributed by atoms with E-state index < -0.39 is 16.4 Å². The van der Waals surface area contributed by atoms with Crippen molar-refractivity contribution in [3.8, 4) is 11.4 Å². The summed E-state index contributed by atoms with van der Waals surface area (Å²) in [5.74, 6) is 0.787. The molecule has 1 aliphatic rings. The molecule has 3 aromatic rings. The minimum Gasteiger partial charge on any atom is -0.489 e. The third-order valence-corrected chi connectivity index (χ3v) is 14.9. The highest BCUT2D eigenvalue weighted by atomic mass is 28.4. The third kappa shape index (κ3) is 7.12. The lowest BCUT2D eigenvalue weighted by atomic mass is 10.1. The van der Waals surface area contributed by atoms with Crippen LogP contribution >= 0.6 is 0 Å². The number of imidazole rings is 1. The number of rotatable bonds is 12. The number of nitrogens with one attached hydrogen (secondary N) is 1. The summed E-state index contributed by atoms with van der Waals surface area (Å²) in [7, 11) is -3.04. The Morgan fingerprint density at radius 3 is 2.48 bits per heavy atom. The van der Waals surface area contributed by atoms with E-state index in [-0.39, 0.29) is 28.9 Å². The van der Waals surface area contributed by atoms with Crippen LogP contribution in [0.2, 0.25) is 43.8 Å². The molecule has 1 unspecified atom stereocenters. The van der Waals surface area contributed by atoms with Gasteiger partial charge in [-0.2, -0.15) is 0 Å². The molecule has 0 bridgehead atoms. The Balaban J connectivity index is 1.58. The first-order valence-corrected chi connectivity index (χ1v) is 21.8. The number of aromatic nitrogens is 3. The van der Waals surface area contributed by atoms with Gasteiger partial charge in [-0.1, -0.05) is 40.4 Å². The SMILES string of the molecule is CC1COc2ccc(-n3c(=O)n(COCC[Si](C)(C)C)c4[nH]ccc(=O)c43)cc2N1CCCCO[Si](C)(C)C(C)(C)C. The minimum atomic E-state index is -1.76. The van der Waals surface area contributed by atoms with Crippen molar-refractivity contribution >= 4 is 33.2 Å². The summed E-state index contributed by atoms with van der Waals surface area (Å²) >= 11 is 0. The number of pyridine rings is 1. The molecule has 1 aromatic carbocycles. The van der Waals surface area contributed by atoms with E-state index in [2.05, 4.69) is 70.3 Å². The maximum Gasteiger partial charge on any atom is 0.336 e. The van der Waals surface area contributed by atoms with Gasteiger partial charge in [0.05, 0.1) is 17.4 Å². The van der Waals surface area contributed by atoms with E-state index in [9.17, 15) is 9.59 Å². The molecule has 0 saturated carbocycles. The molecule has 0 spiro atoms. The Morgan fingerprint density at radius 2 is 1.79 bits per heavy atom. The molecule has 1 atom stereocenters. The molecular formula is C31H50N4O5Si2. The molecule has 2 aromatic heterocycles. The van der Waals surface area contributed by atoms with Gasteiger partial charge in [0.25, 0.3) is 0 Å². The van der Waals surface area contributed by atoms with Crippen LogP contribution in [-0.2, 0) is 15.9 Å². The molecule has 0 radical (unpaired) electrons. The second-order valence-corrected chi connectivity index (χ2v) is 24.7. The van der Waals surface area contributed by atoms with Gasteiger partial charge in [0.1, 0.15) is 30.3 Å². The zero-order valence-corrected chi connectivity index (χ0v) is 29.0. The van der Waals surface area contributed by atoms with Gasteiger partial charge in [-0.25, -0.2) is 4.79 Å². The van der Waals surface area contributed by atoms with Crippen molar-refractivity contribution < 1.29 is 13.9 Å². The number of H-pyrrole nitrogens is 1. The molecule has 1 aliphatic heterocycles. The van der Waals surface area contributed by atoms with Crippen molar-refractivity contribution in [2.45, 2.75) is 97.1 Å². The van der Waals surface area contributed by atoms with Crippen LogP contribution in [0.1, 0.15) is 40.5 Å². The van der Waals surface area contributed by atoms with Crippen LogP contribution in [0.4, 0.5) is 5.69 Å². The number of hydrogen-bond donors (Lipinski definition) is 1. The third-order valence-electron chi connectivity index (χ3n) is 8.63. The molecule has 0 fully saturated rings. The molecule has 232 valence electrons. The van der Waals surface area contributed by atoms with Crippen LogP contribution < -0.4 is 20.8 Å². The second-order valence-electron chi connectivity index (χ2n) is 14.3. The Morgan fingerprint density at radius 1 is 1.05 bits per heavy atom. The maximum atomic E-state index is 13.8. The number of benzene rings is 1. The van der Waals surface area contributed by atoms with E-state index >= 15 is 0 Å². The summed E-state index contributed by atoms with van der Waals surface area (Å²) < 4.78 is 21.4. The fraction of sp³-hybridized carbons (Fsp3) is 0.613. The molecule has 42 heavy (non-hydrogen) atoms. The van der Waals surface area contributed by atoms with Gasteiger partial charge in [-0.05, 0) is 62.1 Å². The maximum absolute atomic E-state index is 13.8. The minimum absolute atomic E-state index is 0.0843. The van der Waals surface area contributed by atoms with Crippen molar-refractivity contribution in [3.05, 3.63) is 51.2 Å². The highest BCUT2D eigenvalue weighted by Gasteiger charge is 2.37. The normalized spacial score (nSPS) is 16.1. The highest BCUT2D eigenvalue weighted by Crippen LogP contribution is 2.37. The van der Waals surface area contributed by atoms with Crippen molar-refractivity contribution in [2.75, 3.05) is 31.3 Å². The summed E-state index contributed by atoms with van der Waals surface area (Å²) in [4.78, 5) is 32.3. The lowest BCUT2D eigenvalue weighted by Crippen LogP contribution is -2.42. The lowest BCUT2D eigenvalue weighted by molar-refractivity contribution is 0.0871. The second kappa shape index (κ2) is 12.6. The number of ether oxygens (including phenoxy) is 2. The molecule has 0 saturated heterocycles. The van der Waals surface area contributed by atoms with Gasteiger partial charge in [0.2, 0.25) is 5.43 Å². The number of nitrogens with zero attached hydrogens (tertiary/aromatic N) is 3. The van der Waals surface area contributed by atoms with Crippen molar-refractivity contribution in [3.63, 3.8) is 0 Å². The van der Waals surface area contributed by atoms with E-state index in [0.717, 1.165) is 43.5 Å². The largest absolute Gasteiger partial charge is 0.489 e. The fourth-order valence-corrected chi connectivity index (χ4v) is 6.73. The van der Waals surface area contributed by atoms with E-state index in [1.54, 1.807) is 6.20 Å². The van der Waals surface area contributed by atoms with Crippen LogP contribution in [0.15, 0.2) is 40.1 Å². The number of aromatic amines is 1. The quantitative estimate of drug-likeness (QED) is 0.194.